The molecule has 0 aromatic carbocycles. The first-order chi connectivity index (χ1) is 17.9. The lowest BCUT2D eigenvalue weighted by Gasteiger charge is -2.24. The molecule has 8 heteroatoms. The van der Waals surface area contributed by atoms with Crippen LogP contribution in [-0.4, -0.2) is 47.5 Å². The van der Waals surface area contributed by atoms with Gasteiger partial charge >= 0.3 is 13.3 Å². The highest BCUT2D eigenvalue weighted by Crippen LogP contribution is 2.44. The van der Waals surface area contributed by atoms with Crippen LogP contribution in [0.2, 0.25) is 0 Å². The fourth-order valence-corrected chi connectivity index (χ4v) is 6.42. The predicted octanol–water partition coefficient (Wildman–Crippen LogP) is 9.91. The number of carbonyl (C=O) groups is 1. The quantitative estimate of drug-likeness (QED) is 0.0745. The summed E-state index contributed by atoms with van der Waals surface area (Å²) in [6, 6.07) is 0. The minimum Gasteiger partial charge on any atom is -0.457 e. The Morgan fingerprint density at radius 1 is 0.757 bits per heavy atom. The van der Waals surface area contributed by atoms with E-state index in [9.17, 15) is 14.3 Å². The molecular formula is C29H59O6PS. The average Bonchev–Trinajstić information content (AvgIpc) is 2.87. The molecule has 0 aliphatic heterocycles. The van der Waals surface area contributed by atoms with Gasteiger partial charge in [0.15, 0.2) is 0 Å². The van der Waals surface area contributed by atoms with Gasteiger partial charge in [0.1, 0.15) is 0 Å². The normalized spacial score (nSPS) is 14.8. The maximum absolute atomic E-state index is 11.8. The fraction of sp³-hybridized carbons (Fsp3) is 0.966. The van der Waals surface area contributed by atoms with E-state index in [-0.39, 0.29) is 19.3 Å². The molecule has 0 amide bonds. The Balaban J connectivity index is 4.16. The maximum atomic E-state index is 11.8. The van der Waals surface area contributed by atoms with E-state index in [0.29, 0.717) is 18.3 Å². The molecule has 0 rings (SSSR count). The molecule has 0 bridgehead atoms. The number of unbranched alkanes of at least 4 members (excludes halogenated alkanes) is 14. The Hall–Kier alpha value is -0.0700. The molecule has 0 radical (unpaired) electrons. The van der Waals surface area contributed by atoms with E-state index < -0.39 is 13.3 Å². The average molecular weight is 567 g/mol. The van der Waals surface area contributed by atoms with Gasteiger partial charge in [-0.3, -0.25) is 0 Å². The second-order valence-corrected chi connectivity index (χ2v) is 13.1. The van der Waals surface area contributed by atoms with Crippen molar-refractivity contribution in [1.29, 1.82) is 0 Å². The number of hydrogen-bond acceptors (Lipinski definition) is 6. The van der Waals surface area contributed by atoms with Gasteiger partial charge in [0.2, 0.25) is 0 Å². The molecule has 0 aliphatic carbocycles. The van der Waals surface area contributed by atoms with Gasteiger partial charge < -0.3 is 18.9 Å². The molecule has 0 aromatic heterocycles. The van der Waals surface area contributed by atoms with Crippen LogP contribution in [0.4, 0.5) is 4.79 Å². The van der Waals surface area contributed by atoms with E-state index in [1.54, 1.807) is 6.92 Å². The lowest BCUT2D eigenvalue weighted by atomic mass is 10.1. The van der Waals surface area contributed by atoms with Crippen molar-refractivity contribution in [3.8, 4) is 0 Å². The van der Waals surface area contributed by atoms with E-state index in [4.69, 9.17) is 9.26 Å². The molecule has 6 nitrogen and oxygen atoms in total. The van der Waals surface area contributed by atoms with E-state index in [1.165, 1.54) is 115 Å². The van der Waals surface area contributed by atoms with Crippen LogP contribution in [0.5, 0.6) is 0 Å². The molecule has 222 valence electrons. The molecule has 0 aromatic rings. The summed E-state index contributed by atoms with van der Waals surface area (Å²) in [5.41, 5.74) is -1.19. The van der Waals surface area contributed by atoms with Crippen molar-refractivity contribution in [1.82, 2.24) is 0 Å². The van der Waals surface area contributed by atoms with Gasteiger partial charge in [-0.05, 0) is 38.9 Å². The predicted molar refractivity (Wildman–Crippen MR) is 159 cm³/mol. The summed E-state index contributed by atoms with van der Waals surface area (Å²) in [4.78, 5) is 21.1. The van der Waals surface area contributed by atoms with E-state index in [2.05, 4.69) is 25.5 Å². The van der Waals surface area contributed by atoms with Crippen molar-refractivity contribution in [3.05, 3.63) is 0 Å². The molecule has 0 heterocycles. The number of hydrogen-bond donors (Lipinski definition) is 1. The van der Waals surface area contributed by atoms with E-state index in [1.807, 2.05) is 11.8 Å². The van der Waals surface area contributed by atoms with Crippen LogP contribution in [0.25, 0.3) is 0 Å². The summed E-state index contributed by atoms with van der Waals surface area (Å²) in [6.07, 6.45) is 23.2. The summed E-state index contributed by atoms with van der Waals surface area (Å²) in [5.74, 6) is 1.18. The smallest absolute Gasteiger partial charge is 0.435 e. The molecular weight excluding hydrogens is 507 g/mol. The van der Waals surface area contributed by atoms with Crippen LogP contribution >= 0.6 is 19.4 Å². The van der Waals surface area contributed by atoms with Crippen LogP contribution in [0.1, 0.15) is 143 Å². The van der Waals surface area contributed by atoms with E-state index in [0.717, 1.165) is 0 Å². The van der Waals surface area contributed by atoms with Crippen molar-refractivity contribution in [2.24, 2.45) is 0 Å². The first kappa shape index (κ1) is 36.9. The van der Waals surface area contributed by atoms with Crippen LogP contribution in [-0.2, 0) is 18.6 Å². The summed E-state index contributed by atoms with van der Waals surface area (Å²) in [6.45, 7) is 8.72. The van der Waals surface area contributed by atoms with Crippen LogP contribution in [0.3, 0.4) is 0 Å². The topological polar surface area (TPSA) is 82.1 Å². The number of thioether (sulfide) groups is 1. The second kappa shape index (κ2) is 26.2. The first-order valence-electron chi connectivity index (χ1n) is 15.3. The summed E-state index contributed by atoms with van der Waals surface area (Å²) >= 11 is 2.05. The van der Waals surface area contributed by atoms with Crippen LogP contribution in [0, 0.1) is 0 Å². The zero-order chi connectivity index (χ0) is 27.6. The third-order valence-electron chi connectivity index (χ3n) is 6.63. The van der Waals surface area contributed by atoms with Crippen molar-refractivity contribution in [3.63, 3.8) is 0 Å². The molecule has 37 heavy (non-hydrogen) atoms. The van der Waals surface area contributed by atoms with Crippen LogP contribution in [0.15, 0.2) is 0 Å². The minimum atomic E-state index is -4.37. The molecule has 0 spiro atoms. The maximum Gasteiger partial charge on any atom is 0.435 e. The molecule has 3 unspecified atom stereocenters. The van der Waals surface area contributed by atoms with Gasteiger partial charge in [0, 0.05) is 11.9 Å². The Labute approximate surface area is 233 Å². The highest BCUT2D eigenvalue weighted by atomic mass is 32.2. The largest absolute Gasteiger partial charge is 0.457 e. The molecule has 0 saturated heterocycles. The lowest BCUT2D eigenvalue weighted by molar-refractivity contribution is 0.0535. The highest BCUT2D eigenvalue weighted by Gasteiger charge is 2.32. The minimum absolute atomic E-state index is 0.00706. The Morgan fingerprint density at radius 2 is 1.27 bits per heavy atom. The van der Waals surface area contributed by atoms with Gasteiger partial charge in [0.05, 0.1) is 19.3 Å². The van der Waals surface area contributed by atoms with Gasteiger partial charge in [-0.25, -0.2) is 9.36 Å². The SMILES string of the molecule is CCCCCCCCCCCCCSC(CCCCCCC)C(C)OCCCOP(=O)(O)C(=O)OCC. The molecule has 0 fully saturated rings. The molecule has 0 aliphatic rings. The summed E-state index contributed by atoms with van der Waals surface area (Å²) in [5, 5.41) is 0.467. The molecule has 0 saturated carbocycles. The Bertz CT molecular complexity index is 563. The van der Waals surface area contributed by atoms with E-state index >= 15 is 0 Å². The van der Waals surface area contributed by atoms with Gasteiger partial charge in [-0.1, -0.05) is 110 Å². The Kier molecular flexibility index (Phi) is 26.1. The number of rotatable bonds is 28. The van der Waals surface area contributed by atoms with Crippen molar-refractivity contribution < 1.29 is 28.3 Å². The second-order valence-electron chi connectivity index (χ2n) is 10.1. The number of ether oxygens (including phenoxy) is 2. The first-order valence-corrected chi connectivity index (χ1v) is 17.9. The summed E-state index contributed by atoms with van der Waals surface area (Å²) in [7, 11) is -4.37. The highest BCUT2D eigenvalue weighted by molar-refractivity contribution is 7.99. The molecule has 1 N–H and O–H groups in total. The van der Waals surface area contributed by atoms with Gasteiger partial charge in [-0.15, -0.1) is 0 Å². The van der Waals surface area contributed by atoms with Gasteiger partial charge in [0.25, 0.3) is 0 Å². The zero-order valence-corrected chi connectivity index (χ0v) is 26.3. The third kappa shape index (κ3) is 22.4. The van der Waals surface area contributed by atoms with Crippen molar-refractivity contribution in [2.45, 2.75) is 155 Å². The zero-order valence-electron chi connectivity index (χ0n) is 24.6. The van der Waals surface area contributed by atoms with Crippen LogP contribution < -0.4 is 0 Å². The fourth-order valence-electron chi connectivity index (χ4n) is 4.29. The Morgan fingerprint density at radius 3 is 1.81 bits per heavy atom. The molecule has 3 atom stereocenters. The van der Waals surface area contributed by atoms with Crippen molar-refractivity contribution >= 4 is 25.1 Å². The summed E-state index contributed by atoms with van der Waals surface area (Å²) < 4.78 is 27.4. The monoisotopic (exact) mass is 566 g/mol. The van der Waals surface area contributed by atoms with Crippen molar-refractivity contribution in [2.75, 3.05) is 25.6 Å². The lowest BCUT2D eigenvalue weighted by Crippen LogP contribution is -2.25. The third-order valence-corrected chi connectivity index (χ3v) is 9.32. The number of carbonyl (C=O) groups excluding carboxylic acids is 1. The van der Waals surface area contributed by atoms with Gasteiger partial charge in [-0.2, -0.15) is 11.8 Å². The standard InChI is InChI=1S/C29H59O6PS/c1-5-8-10-12-13-14-15-16-17-19-21-26-37-28(23-20-18-11-9-6-2)27(4)34-24-22-25-35-36(31,32)29(30)33-7-3/h27-28H,5-26H2,1-4H3,(H,31,32).